The summed E-state index contributed by atoms with van der Waals surface area (Å²) in [4.78, 5) is 4.13. The van der Waals surface area contributed by atoms with Gasteiger partial charge in [0, 0.05) is 23.3 Å². The van der Waals surface area contributed by atoms with E-state index in [0.29, 0.717) is 16.7 Å². The van der Waals surface area contributed by atoms with Crippen LogP contribution >= 0.6 is 11.6 Å². The molecule has 0 amide bonds. The van der Waals surface area contributed by atoms with E-state index in [4.69, 9.17) is 22.1 Å². The quantitative estimate of drug-likeness (QED) is 0.904. The van der Waals surface area contributed by atoms with E-state index in [-0.39, 0.29) is 6.04 Å². The van der Waals surface area contributed by atoms with Crippen molar-refractivity contribution in [2.24, 2.45) is 5.73 Å². The van der Waals surface area contributed by atoms with Gasteiger partial charge in [-0.15, -0.1) is 0 Å². The van der Waals surface area contributed by atoms with E-state index in [9.17, 15) is 0 Å². The second-order valence-electron chi connectivity index (χ2n) is 3.78. The lowest BCUT2D eigenvalue weighted by atomic mass is 10.1. The minimum absolute atomic E-state index is 0.0419. The van der Waals surface area contributed by atoms with Crippen LogP contribution < -0.4 is 10.5 Å². The average Bonchev–Trinajstić information content (AvgIpc) is 2.29. The first kappa shape index (κ1) is 11.9. The summed E-state index contributed by atoms with van der Waals surface area (Å²) in [5.41, 5.74) is 6.78. The number of hydrogen-bond acceptors (Lipinski definition) is 3. The van der Waals surface area contributed by atoms with E-state index in [1.54, 1.807) is 18.3 Å². The number of rotatable bonds is 3. The lowest BCUT2D eigenvalue weighted by Gasteiger charge is -2.08. The standard InChI is InChI=1S/C13H13ClN2O/c1-9(15)10-5-6-16-13(7-10)17-12-4-2-3-11(14)8-12/h2-9H,15H2,1H3. The number of benzene rings is 1. The summed E-state index contributed by atoms with van der Waals surface area (Å²) in [5.74, 6) is 1.17. The van der Waals surface area contributed by atoms with E-state index in [1.807, 2.05) is 31.2 Å². The average molecular weight is 249 g/mol. The normalized spacial score (nSPS) is 12.2. The fourth-order valence-electron chi connectivity index (χ4n) is 1.42. The fourth-order valence-corrected chi connectivity index (χ4v) is 1.60. The van der Waals surface area contributed by atoms with Gasteiger partial charge in [0.2, 0.25) is 5.88 Å². The molecule has 0 aliphatic heterocycles. The van der Waals surface area contributed by atoms with E-state index in [0.717, 1.165) is 5.56 Å². The number of halogens is 1. The number of nitrogens with zero attached hydrogens (tertiary/aromatic N) is 1. The van der Waals surface area contributed by atoms with Crippen molar-refractivity contribution < 1.29 is 4.74 Å². The van der Waals surface area contributed by atoms with Gasteiger partial charge in [-0.2, -0.15) is 0 Å². The third-order valence-corrected chi connectivity index (χ3v) is 2.54. The molecule has 88 valence electrons. The monoisotopic (exact) mass is 248 g/mol. The third kappa shape index (κ3) is 3.19. The van der Waals surface area contributed by atoms with Crippen molar-refractivity contribution in [2.75, 3.05) is 0 Å². The summed E-state index contributed by atoms with van der Waals surface area (Å²) in [6.45, 7) is 1.92. The lowest BCUT2D eigenvalue weighted by Crippen LogP contribution is -2.05. The molecule has 0 bridgehead atoms. The highest BCUT2D eigenvalue weighted by Gasteiger charge is 2.03. The molecular formula is C13H13ClN2O. The molecule has 0 aliphatic carbocycles. The maximum atomic E-state index is 5.87. The summed E-state index contributed by atoms with van der Waals surface area (Å²) in [7, 11) is 0. The first-order valence-corrected chi connectivity index (χ1v) is 5.68. The topological polar surface area (TPSA) is 48.1 Å². The molecule has 2 rings (SSSR count). The number of hydrogen-bond donors (Lipinski definition) is 1. The SMILES string of the molecule is CC(N)c1ccnc(Oc2cccc(Cl)c2)c1. The van der Waals surface area contributed by atoms with Gasteiger partial charge < -0.3 is 10.5 Å². The largest absolute Gasteiger partial charge is 0.439 e. The number of pyridine rings is 1. The molecule has 1 atom stereocenters. The van der Waals surface area contributed by atoms with Crippen molar-refractivity contribution in [3.05, 3.63) is 53.2 Å². The first-order chi connectivity index (χ1) is 8.15. The molecule has 1 aromatic carbocycles. The highest BCUT2D eigenvalue weighted by atomic mass is 35.5. The molecule has 2 aromatic rings. The zero-order valence-electron chi connectivity index (χ0n) is 9.43. The summed E-state index contributed by atoms with van der Waals surface area (Å²) in [6.07, 6.45) is 1.68. The Morgan fingerprint density at radius 2 is 2.12 bits per heavy atom. The van der Waals surface area contributed by atoms with Gasteiger partial charge in [-0.05, 0) is 36.8 Å². The van der Waals surface area contributed by atoms with Gasteiger partial charge in [0.15, 0.2) is 0 Å². The van der Waals surface area contributed by atoms with Crippen molar-refractivity contribution in [2.45, 2.75) is 13.0 Å². The highest BCUT2D eigenvalue weighted by Crippen LogP contribution is 2.24. The van der Waals surface area contributed by atoms with Gasteiger partial charge in [-0.25, -0.2) is 4.98 Å². The first-order valence-electron chi connectivity index (χ1n) is 5.30. The van der Waals surface area contributed by atoms with Gasteiger partial charge >= 0.3 is 0 Å². The summed E-state index contributed by atoms with van der Waals surface area (Å²) in [6, 6.07) is 10.8. The second-order valence-corrected chi connectivity index (χ2v) is 4.21. The minimum atomic E-state index is -0.0419. The molecule has 1 heterocycles. The predicted octanol–water partition coefficient (Wildman–Crippen LogP) is 3.55. The van der Waals surface area contributed by atoms with Crippen molar-refractivity contribution in [1.29, 1.82) is 0 Å². The maximum absolute atomic E-state index is 5.87. The maximum Gasteiger partial charge on any atom is 0.219 e. The lowest BCUT2D eigenvalue weighted by molar-refractivity contribution is 0.461. The molecule has 1 aromatic heterocycles. The van der Waals surface area contributed by atoms with Crippen LogP contribution in [0.3, 0.4) is 0 Å². The molecule has 2 N–H and O–H groups in total. The van der Waals surface area contributed by atoms with E-state index in [2.05, 4.69) is 4.98 Å². The van der Waals surface area contributed by atoms with Crippen LogP contribution in [0, 0.1) is 0 Å². The van der Waals surface area contributed by atoms with Gasteiger partial charge in [-0.3, -0.25) is 0 Å². The van der Waals surface area contributed by atoms with Crippen molar-refractivity contribution in [3.8, 4) is 11.6 Å². The zero-order valence-corrected chi connectivity index (χ0v) is 10.2. The minimum Gasteiger partial charge on any atom is -0.439 e. The van der Waals surface area contributed by atoms with Crippen LogP contribution in [0.1, 0.15) is 18.5 Å². The van der Waals surface area contributed by atoms with Crippen LogP contribution in [-0.4, -0.2) is 4.98 Å². The Bertz CT molecular complexity index is 514. The van der Waals surface area contributed by atoms with E-state index >= 15 is 0 Å². The van der Waals surface area contributed by atoms with Crippen LogP contribution in [0.25, 0.3) is 0 Å². The Hall–Kier alpha value is -1.58. The Kier molecular flexibility index (Phi) is 3.61. The van der Waals surface area contributed by atoms with Crippen LogP contribution in [0.4, 0.5) is 0 Å². The van der Waals surface area contributed by atoms with Crippen molar-refractivity contribution in [1.82, 2.24) is 4.98 Å². The Balaban J connectivity index is 2.21. The number of aromatic nitrogens is 1. The molecule has 1 unspecified atom stereocenters. The molecule has 0 spiro atoms. The van der Waals surface area contributed by atoms with Crippen LogP contribution in [0.5, 0.6) is 11.6 Å². The molecule has 0 saturated heterocycles. The van der Waals surface area contributed by atoms with Gasteiger partial charge in [0.1, 0.15) is 5.75 Å². The van der Waals surface area contributed by atoms with Crippen LogP contribution in [-0.2, 0) is 0 Å². The molecule has 4 heteroatoms. The second kappa shape index (κ2) is 5.17. The third-order valence-electron chi connectivity index (χ3n) is 2.30. The van der Waals surface area contributed by atoms with Gasteiger partial charge in [0.25, 0.3) is 0 Å². The summed E-state index contributed by atoms with van der Waals surface area (Å²) < 4.78 is 5.60. The van der Waals surface area contributed by atoms with Crippen molar-refractivity contribution in [3.63, 3.8) is 0 Å². The Labute approximate surface area is 105 Å². The zero-order chi connectivity index (χ0) is 12.3. The molecule has 17 heavy (non-hydrogen) atoms. The van der Waals surface area contributed by atoms with Crippen LogP contribution in [0.15, 0.2) is 42.6 Å². The van der Waals surface area contributed by atoms with Crippen LogP contribution in [0.2, 0.25) is 5.02 Å². The molecule has 0 saturated carbocycles. The molecule has 0 fully saturated rings. The molecule has 0 aliphatic rings. The summed E-state index contributed by atoms with van der Waals surface area (Å²) in [5, 5.41) is 0.630. The highest BCUT2D eigenvalue weighted by molar-refractivity contribution is 6.30. The van der Waals surface area contributed by atoms with Gasteiger partial charge in [0.05, 0.1) is 0 Å². The molecule has 0 radical (unpaired) electrons. The number of ether oxygens (including phenoxy) is 1. The Morgan fingerprint density at radius 3 is 2.82 bits per heavy atom. The molecular weight excluding hydrogens is 236 g/mol. The van der Waals surface area contributed by atoms with E-state index in [1.165, 1.54) is 0 Å². The smallest absolute Gasteiger partial charge is 0.219 e. The summed E-state index contributed by atoms with van der Waals surface area (Å²) >= 11 is 5.87. The molecule has 3 nitrogen and oxygen atoms in total. The number of nitrogens with two attached hydrogens (primary N) is 1. The van der Waals surface area contributed by atoms with E-state index < -0.39 is 0 Å². The predicted molar refractivity (Wildman–Crippen MR) is 68.4 cm³/mol. The Morgan fingerprint density at radius 1 is 1.29 bits per heavy atom. The van der Waals surface area contributed by atoms with Crippen molar-refractivity contribution >= 4 is 11.6 Å². The van der Waals surface area contributed by atoms with Gasteiger partial charge in [-0.1, -0.05) is 17.7 Å². The fraction of sp³-hybridized carbons (Fsp3) is 0.154.